The highest BCUT2D eigenvalue weighted by molar-refractivity contribution is 6.10. The SMILES string of the molecule is CCN1C(=O)[C@](O)(CC(=O)c2cccc(-n3cccc3)c2)c2ccccc21. The van der Waals surface area contributed by atoms with Gasteiger partial charge in [0.25, 0.3) is 5.91 Å². The largest absolute Gasteiger partial charge is 0.375 e. The molecule has 1 aromatic heterocycles. The lowest BCUT2D eigenvalue weighted by atomic mass is 9.88. The number of carbonyl (C=O) groups excluding carboxylic acids is 2. The molecule has 0 radical (unpaired) electrons. The number of rotatable bonds is 5. The third-order valence-corrected chi connectivity index (χ3v) is 5.04. The number of para-hydroxylation sites is 1. The van der Waals surface area contributed by atoms with Crippen LogP contribution in [0.1, 0.15) is 29.3 Å². The normalized spacial score (nSPS) is 18.6. The first-order chi connectivity index (χ1) is 13.0. The maximum absolute atomic E-state index is 12.9. The van der Waals surface area contributed by atoms with E-state index < -0.39 is 11.5 Å². The minimum Gasteiger partial charge on any atom is -0.375 e. The standard InChI is InChI=1S/C22H20N2O3/c1-2-24-19-11-4-3-10-18(19)22(27,21(24)26)15-20(25)16-8-7-9-17(14-16)23-12-5-6-13-23/h3-14,27H,2,15H2,1H3/t22-/m0/s1. The van der Waals surface area contributed by atoms with Gasteiger partial charge in [-0.15, -0.1) is 0 Å². The van der Waals surface area contributed by atoms with Gasteiger partial charge in [0.15, 0.2) is 11.4 Å². The molecule has 136 valence electrons. The van der Waals surface area contributed by atoms with Crippen molar-refractivity contribution >= 4 is 17.4 Å². The number of ketones is 1. The molecule has 5 nitrogen and oxygen atoms in total. The highest BCUT2D eigenvalue weighted by Gasteiger charge is 2.50. The summed E-state index contributed by atoms with van der Waals surface area (Å²) in [6.45, 7) is 2.29. The van der Waals surface area contributed by atoms with E-state index in [2.05, 4.69) is 0 Å². The number of hydrogen-bond acceptors (Lipinski definition) is 3. The number of aliphatic hydroxyl groups is 1. The Hall–Kier alpha value is -3.18. The van der Waals surface area contributed by atoms with Gasteiger partial charge in [0.05, 0.1) is 12.1 Å². The van der Waals surface area contributed by atoms with Crippen LogP contribution in [0, 0.1) is 0 Å². The predicted octanol–water partition coefficient (Wildman–Crippen LogP) is 3.30. The summed E-state index contributed by atoms with van der Waals surface area (Å²) in [5.74, 6) is -0.714. The molecule has 0 aliphatic carbocycles. The molecule has 1 amide bonds. The van der Waals surface area contributed by atoms with E-state index in [9.17, 15) is 14.7 Å². The minimum atomic E-state index is -1.83. The van der Waals surface area contributed by atoms with Crippen LogP contribution < -0.4 is 4.90 Å². The number of likely N-dealkylation sites (N-methyl/N-ethyl adjacent to an activating group) is 1. The zero-order valence-electron chi connectivity index (χ0n) is 15.0. The lowest BCUT2D eigenvalue weighted by Crippen LogP contribution is -2.41. The molecule has 0 spiro atoms. The Kier molecular flexibility index (Phi) is 4.16. The topological polar surface area (TPSA) is 62.5 Å². The lowest BCUT2D eigenvalue weighted by Gasteiger charge is -2.22. The fraction of sp³-hybridized carbons (Fsp3) is 0.182. The summed E-state index contributed by atoms with van der Waals surface area (Å²) >= 11 is 0. The fourth-order valence-corrected chi connectivity index (χ4v) is 3.67. The van der Waals surface area contributed by atoms with Gasteiger partial charge >= 0.3 is 0 Å². The van der Waals surface area contributed by atoms with E-state index in [1.807, 2.05) is 48.1 Å². The van der Waals surface area contributed by atoms with Crippen LogP contribution in [0.25, 0.3) is 5.69 Å². The van der Waals surface area contributed by atoms with Crippen LogP contribution in [-0.4, -0.2) is 27.9 Å². The third kappa shape index (κ3) is 2.76. The van der Waals surface area contributed by atoms with Crippen molar-refractivity contribution in [2.75, 3.05) is 11.4 Å². The average molecular weight is 360 g/mol. The smallest absolute Gasteiger partial charge is 0.264 e. The summed E-state index contributed by atoms with van der Waals surface area (Å²) in [7, 11) is 0. The maximum Gasteiger partial charge on any atom is 0.264 e. The highest BCUT2D eigenvalue weighted by Crippen LogP contribution is 2.42. The van der Waals surface area contributed by atoms with Crippen molar-refractivity contribution in [3.8, 4) is 5.69 Å². The van der Waals surface area contributed by atoms with Gasteiger partial charge in [0.1, 0.15) is 0 Å². The number of aromatic nitrogens is 1. The van der Waals surface area contributed by atoms with Crippen LogP contribution in [0.2, 0.25) is 0 Å². The molecule has 5 heteroatoms. The summed E-state index contributed by atoms with van der Waals surface area (Å²) in [5, 5.41) is 11.2. The molecule has 1 aliphatic rings. The molecule has 3 aromatic rings. The number of nitrogens with zero attached hydrogens (tertiary/aromatic N) is 2. The quantitative estimate of drug-likeness (QED) is 0.710. The van der Waals surface area contributed by atoms with E-state index in [4.69, 9.17) is 0 Å². The second-order valence-electron chi connectivity index (χ2n) is 6.67. The predicted molar refractivity (Wildman–Crippen MR) is 103 cm³/mol. The molecule has 27 heavy (non-hydrogen) atoms. The second-order valence-corrected chi connectivity index (χ2v) is 6.67. The van der Waals surface area contributed by atoms with Crippen molar-refractivity contribution in [2.24, 2.45) is 0 Å². The summed E-state index contributed by atoms with van der Waals surface area (Å²) < 4.78 is 1.90. The van der Waals surface area contributed by atoms with E-state index in [0.717, 1.165) is 5.69 Å². The Morgan fingerprint density at radius 3 is 2.52 bits per heavy atom. The summed E-state index contributed by atoms with van der Waals surface area (Å²) in [5.41, 5.74) is 0.654. The Balaban J connectivity index is 1.67. The van der Waals surface area contributed by atoms with E-state index in [1.54, 1.807) is 36.4 Å². The van der Waals surface area contributed by atoms with E-state index in [0.29, 0.717) is 23.4 Å². The number of amides is 1. The Bertz CT molecular complexity index is 1010. The molecule has 1 atom stereocenters. The van der Waals surface area contributed by atoms with Gasteiger partial charge in [-0.05, 0) is 37.3 Å². The van der Waals surface area contributed by atoms with Gasteiger partial charge in [0, 0.05) is 35.8 Å². The number of benzene rings is 2. The molecule has 0 unspecified atom stereocenters. The lowest BCUT2D eigenvalue weighted by molar-refractivity contribution is -0.135. The maximum atomic E-state index is 12.9. The van der Waals surface area contributed by atoms with Gasteiger partial charge < -0.3 is 14.6 Å². The van der Waals surface area contributed by atoms with E-state index >= 15 is 0 Å². The Morgan fingerprint density at radius 2 is 1.78 bits per heavy atom. The first-order valence-electron chi connectivity index (χ1n) is 8.95. The first kappa shape index (κ1) is 17.2. The van der Waals surface area contributed by atoms with Gasteiger partial charge in [-0.1, -0.05) is 30.3 Å². The monoisotopic (exact) mass is 360 g/mol. The molecular formula is C22H20N2O3. The molecule has 0 bridgehead atoms. The summed E-state index contributed by atoms with van der Waals surface area (Å²) in [6, 6.07) is 18.1. The Morgan fingerprint density at radius 1 is 1.04 bits per heavy atom. The second kappa shape index (κ2) is 6.52. The molecule has 1 aliphatic heterocycles. The number of Topliss-reactive ketones (excluding diaryl/α,β-unsaturated/α-hetero) is 1. The molecule has 2 aromatic carbocycles. The van der Waals surface area contributed by atoms with Gasteiger partial charge in [-0.3, -0.25) is 9.59 Å². The number of carbonyl (C=O) groups is 2. The Labute approximate surface area is 157 Å². The third-order valence-electron chi connectivity index (χ3n) is 5.04. The fourth-order valence-electron chi connectivity index (χ4n) is 3.67. The summed E-state index contributed by atoms with van der Waals surface area (Å²) in [6.07, 6.45) is 3.51. The summed E-state index contributed by atoms with van der Waals surface area (Å²) in [4.78, 5) is 27.3. The van der Waals surface area contributed by atoms with Gasteiger partial charge in [-0.25, -0.2) is 0 Å². The van der Waals surface area contributed by atoms with Crippen LogP contribution in [0.4, 0.5) is 5.69 Å². The highest BCUT2D eigenvalue weighted by atomic mass is 16.3. The van der Waals surface area contributed by atoms with Crippen molar-refractivity contribution in [1.82, 2.24) is 4.57 Å². The molecule has 2 heterocycles. The van der Waals surface area contributed by atoms with Crippen molar-refractivity contribution in [1.29, 1.82) is 0 Å². The zero-order valence-corrected chi connectivity index (χ0v) is 15.0. The van der Waals surface area contributed by atoms with E-state index in [1.165, 1.54) is 4.90 Å². The first-order valence-corrected chi connectivity index (χ1v) is 8.95. The molecule has 4 rings (SSSR count). The molecule has 0 saturated heterocycles. The van der Waals surface area contributed by atoms with Crippen LogP contribution in [0.15, 0.2) is 73.1 Å². The van der Waals surface area contributed by atoms with Crippen molar-refractivity contribution in [3.63, 3.8) is 0 Å². The van der Waals surface area contributed by atoms with Crippen molar-refractivity contribution in [2.45, 2.75) is 18.9 Å². The molecule has 0 saturated carbocycles. The van der Waals surface area contributed by atoms with Crippen LogP contribution in [-0.2, 0) is 10.4 Å². The molecule has 1 N–H and O–H groups in total. The number of fused-ring (bicyclic) bond motifs is 1. The minimum absolute atomic E-state index is 0.271. The number of anilines is 1. The zero-order chi connectivity index (χ0) is 19.0. The molecule has 0 fully saturated rings. The van der Waals surface area contributed by atoms with Crippen LogP contribution in [0.5, 0.6) is 0 Å². The van der Waals surface area contributed by atoms with Crippen LogP contribution >= 0.6 is 0 Å². The number of hydrogen-bond donors (Lipinski definition) is 1. The van der Waals surface area contributed by atoms with Crippen molar-refractivity contribution in [3.05, 3.63) is 84.2 Å². The van der Waals surface area contributed by atoms with Gasteiger partial charge in [0.2, 0.25) is 0 Å². The van der Waals surface area contributed by atoms with Gasteiger partial charge in [-0.2, -0.15) is 0 Å². The van der Waals surface area contributed by atoms with E-state index in [-0.39, 0.29) is 12.2 Å². The molecular weight excluding hydrogens is 340 g/mol. The average Bonchev–Trinajstić information content (AvgIpc) is 3.29. The van der Waals surface area contributed by atoms with Crippen molar-refractivity contribution < 1.29 is 14.7 Å². The van der Waals surface area contributed by atoms with Crippen LogP contribution in [0.3, 0.4) is 0 Å².